The van der Waals surface area contributed by atoms with Gasteiger partial charge >= 0.3 is 0 Å². The zero-order chi connectivity index (χ0) is 13.9. The predicted octanol–water partition coefficient (Wildman–Crippen LogP) is 3.08. The van der Waals surface area contributed by atoms with E-state index in [1.165, 1.54) is 5.56 Å². The van der Waals surface area contributed by atoms with Crippen molar-refractivity contribution in [3.8, 4) is 11.5 Å². The highest BCUT2D eigenvalue weighted by molar-refractivity contribution is 9.10. The highest BCUT2D eigenvalue weighted by Crippen LogP contribution is 2.40. The number of ether oxygens (including phenoxy) is 3. The molecule has 1 unspecified atom stereocenters. The molecule has 2 aliphatic heterocycles. The van der Waals surface area contributed by atoms with Gasteiger partial charge in [-0.3, -0.25) is 0 Å². The van der Waals surface area contributed by atoms with Crippen molar-refractivity contribution in [2.24, 2.45) is 5.92 Å². The lowest BCUT2D eigenvalue weighted by molar-refractivity contribution is 0.0558. The van der Waals surface area contributed by atoms with Gasteiger partial charge in [0.2, 0.25) is 6.79 Å². The lowest BCUT2D eigenvalue weighted by Gasteiger charge is -2.28. The Hall–Kier alpha value is -0.780. The lowest BCUT2D eigenvalue weighted by atomic mass is 9.93. The van der Waals surface area contributed by atoms with Crippen LogP contribution in [0.5, 0.6) is 11.5 Å². The number of benzene rings is 1. The number of nitrogens with one attached hydrogen (secondary N) is 1. The molecule has 0 amide bonds. The normalized spacial score (nSPS) is 20.1. The van der Waals surface area contributed by atoms with Crippen molar-refractivity contribution < 1.29 is 14.2 Å². The van der Waals surface area contributed by atoms with Crippen LogP contribution in [0.2, 0.25) is 0 Å². The summed E-state index contributed by atoms with van der Waals surface area (Å²) in [7, 11) is 0. The topological polar surface area (TPSA) is 39.7 Å². The Morgan fingerprint density at radius 3 is 2.90 bits per heavy atom. The molecule has 110 valence electrons. The molecule has 20 heavy (non-hydrogen) atoms. The summed E-state index contributed by atoms with van der Waals surface area (Å²) < 4.78 is 17.2. The van der Waals surface area contributed by atoms with E-state index >= 15 is 0 Å². The van der Waals surface area contributed by atoms with Crippen molar-refractivity contribution in [1.82, 2.24) is 5.32 Å². The van der Waals surface area contributed by atoms with Crippen molar-refractivity contribution in [2.45, 2.75) is 32.4 Å². The molecule has 1 aromatic carbocycles. The lowest BCUT2D eigenvalue weighted by Crippen LogP contribution is -2.36. The first-order valence-electron chi connectivity index (χ1n) is 7.13. The Morgan fingerprint density at radius 1 is 1.30 bits per heavy atom. The summed E-state index contributed by atoms with van der Waals surface area (Å²) in [4.78, 5) is 0. The summed E-state index contributed by atoms with van der Waals surface area (Å²) in [5.41, 5.74) is 1.21. The SMILES string of the molecule is CC(NCc1cc(Br)c2c(c1)OCO2)C1CCOCC1. The molecule has 1 fully saturated rings. The minimum Gasteiger partial charge on any atom is -0.454 e. The molecule has 4 nitrogen and oxygen atoms in total. The average molecular weight is 342 g/mol. The molecule has 1 atom stereocenters. The van der Waals surface area contributed by atoms with Gasteiger partial charge in [-0.2, -0.15) is 0 Å². The standard InChI is InChI=1S/C15H20BrNO3/c1-10(12-2-4-18-5-3-12)17-8-11-6-13(16)15-14(7-11)19-9-20-15/h6-7,10,12,17H,2-5,8-9H2,1H3. The number of hydrogen-bond donors (Lipinski definition) is 1. The quantitative estimate of drug-likeness (QED) is 0.913. The van der Waals surface area contributed by atoms with Gasteiger partial charge in [0.25, 0.3) is 0 Å². The first-order chi connectivity index (χ1) is 9.74. The van der Waals surface area contributed by atoms with Gasteiger partial charge in [-0.05, 0) is 59.3 Å². The summed E-state index contributed by atoms with van der Waals surface area (Å²) in [6, 6.07) is 4.65. The summed E-state index contributed by atoms with van der Waals surface area (Å²) in [5.74, 6) is 2.35. The molecule has 2 heterocycles. The summed E-state index contributed by atoms with van der Waals surface area (Å²) in [6.45, 7) is 5.20. The van der Waals surface area contributed by atoms with Gasteiger partial charge in [0, 0.05) is 25.8 Å². The highest BCUT2D eigenvalue weighted by atomic mass is 79.9. The van der Waals surface area contributed by atoms with Gasteiger partial charge < -0.3 is 19.5 Å². The number of halogens is 1. The van der Waals surface area contributed by atoms with Crippen molar-refractivity contribution >= 4 is 15.9 Å². The fraction of sp³-hybridized carbons (Fsp3) is 0.600. The first kappa shape index (κ1) is 14.2. The van der Waals surface area contributed by atoms with E-state index in [0.717, 1.165) is 48.6 Å². The van der Waals surface area contributed by atoms with Gasteiger partial charge in [-0.1, -0.05) is 0 Å². The van der Waals surface area contributed by atoms with E-state index in [1.807, 2.05) is 0 Å². The molecule has 0 spiro atoms. The minimum absolute atomic E-state index is 0.309. The Morgan fingerprint density at radius 2 is 2.10 bits per heavy atom. The van der Waals surface area contributed by atoms with E-state index in [9.17, 15) is 0 Å². The zero-order valence-electron chi connectivity index (χ0n) is 11.7. The molecule has 0 aromatic heterocycles. The Bertz CT molecular complexity index is 474. The third kappa shape index (κ3) is 3.10. The molecule has 1 aromatic rings. The maximum absolute atomic E-state index is 5.45. The van der Waals surface area contributed by atoms with Crippen molar-refractivity contribution in [3.05, 3.63) is 22.2 Å². The van der Waals surface area contributed by atoms with E-state index in [2.05, 4.69) is 40.3 Å². The Labute approximate surface area is 127 Å². The van der Waals surface area contributed by atoms with Gasteiger partial charge in [0.05, 0.1) is 4.47 Å². The van der Waals surface area contributed by atoms with Crippen LogP contribution in [-0.2, 0) is 11.3 Å². The number of hydrogen-bond acceptors (Lipinski definition) is 4. The Kier molecular flexibility index (Phi) is 4.48. The van der Waals surface area contributed by atoms with Crippen LogP contribution in [0.3, 0.4) is 0 Å². The molecule has 2 aliphatic rings. The smallest absolute Gasteiger partial charge is 0.231 e. The molecule has 1 saturated heterocycles. The van der Waals surface area contributed by atoms with Gasteiger partial charge in [0.1, 0.15) is 0 Å². The van der Waals surface area contributed by atoms with Crippen LogP contribution >= 0.6 is 15.9 Å². The molecule has 3 rings (SSSR count). The molecule has 0 radical (unpaired) electrons. The molecule has 0 bridgehead atoms. The van der Waals surface area contributed by atoms with Crippen molar-refractivity contribution in [2.75, 3.05) is 20.0 Å². The van der Waals surface area contributed by atoms with Crippen molar-refractivity contribution in [1.29, 1.82) is 0 Å². The fourth-order valence-corrected chi connectivity index (χ4v) is 3.39. The maximum atomic E-state index is 5.45. The van der Waals surface area contributed by atoms with Crippen LogP contribution < -0.4 is 14.8 Å². The van der Waals surface area contributed by atoms with Gasteiger partial charge in [-0.25, -0.2) is 0 Å². The molecule has 0 aliphatic carbocycles. The maximum Gasteiger partial charge on any atom is 0.231 e. The molecule has 0 saturated carbocycles. The highest BCUT2D eigenvalue weighted by Gasteiger charge is 2.21. The van der Waals surface area contributed by atoms with Gasteiger partial charge in [0.15, 0.2) is 11.5 Å². The van der Waals surface area contributed by atoms with Crippen LogP contribution in [-0.4, -0.2) is 26.0 Å². The third-order valence-corrected chi connectivity index (χ3v) is 4.68. The predicted molar refractivity (Wildman–Crippen MR) is 80.1 cm³/mol. The molecule has 5 heteroatoms. The zero-order valence-corrected chi connectivity index (χ0v) is 13.2. The fourth-order valence-electron chi connectivity index (χ4n) is 2.78. The second-order valence-corrected chi connectivity index (χ2v) is 6.29. The third-order valence-electron chi connectivity index (χ3n) is 4.09. The number of rotatable bonds is 4. The summed E-state index contributed by atoms with van der Waals surface area (Å²) >= 11 is 3.53. The van der Waals surface area contributed by atoms with E-state index in [0.29, 0.717) is 18.8 Å². The minimum atomic E-state index is 0.309. The van der Waals surface area contributed by atoms with Crippen LogP contribution in [0.15, 0.2) is 16.6 Å². The Balaban J connectivity index is 1.59. The average Bonchev–Trinajstić information content (AvgIpc) is 2.94. The second kappa shape index (κ2) is 6.33. The van der Waals surface area contributed by atoms with Crippen LogP contribution in [0.4, 0.5) is 0 Å². The van der Waals surface area contributed by atoms with Crippen molar-refractivity contribution in [3.63, 3.8) is 0 Å². The van der Waals surface area contributed by atoms with E-state index in [4.69, 9.17) is 14.2 Å². The van der Waals surface area contributed by atoms with E-state index < -0.39 is 0 Å². The monoisotopic (exact) mass is 341 g/mol. The molecule has 1 N–H and O–H groups in total. The van der Waals surface area contributed by atoms with Gasteiger partial charge in [-0.15, -0.1) is 0 Å². The summed E-state index contributed by atoms with van der Waals surface area (Å²) in [5, 5.41) is 3.61. The summed E-state index contributed by atoms with van der Waals surface area (Å²) in [6.07, 6.45) is 2.30. The second-order valence-electron chi connectivity index (χ2n) is 5.43. The van der Waals surface area contributed by atoms with Crippen LogP contribution in [0.1, 0.15) is 25.3 Å². The van der Waals surface area contributed by atoms with E-state index in [1.54, 1.807) is 0 Å². The van der Waals surface area contributed by atoms with Crippen LogP contribution in [0, 0.1) is 5.92 Å². The van der Waals surface area contributed by atoms with Crippen LogP contribution in [0.25, 0.3) is 0 Å². The number of fused-ring (bicyclic) bond motifs is 1. The molecular weight excluding hydrogens is 322 g/mol. The first-order valence-corrected chi connectivity index (χ1v) is 7.92. The largest absolute Gasteiger partial charge is 0.454 e. The van der Waals surface area contributed by atoms with E-state index in [-0.39, 0.29) is 0 Å². The molecular formula is C15H20BrNO3.